The Balaban J connectivity index is 1.21. The number of hydrogen-bond donors (Lipinski definition) is 3. The largest absolute Gasteiger partial charge is 0.496 e. The van der Waals surface area contributed by atoms with Crippen LogP contribution < -0.4 is 20.7 Å². The Hall–Kier alpha value is -3.67. The summed E-state index contributed by atoms with van der Waals surface area (Å²) in [6, 6.07) is 7.23. The van der Waals surface area contributed by atoms with Gasteiger partial charge in [0.2, 0.25) is 23.6 Å². The van der Waals surface area contributed by atoms with E-state index in [1.165, 1.54) is 0 Å². The topological polar surface area (TPSA) is 137 Å². The van der Waals surface area contributed by atoms with Crippen LogP contribution in [0.1, 0.15) is 49.7 Å². The molecule has 0 radical (unpaired) electrons. The summed E-state index contributed by atoms with van der Waals surface area (Å²) >= 11 is 0. The van der Waals surface area contributed by atoms with E-state index in [1.54, 1.807) is 7.11 Å². The first kappa shape index (κ1) is 23.7. The van der Waals surface area contributed by atoms with Gasteiger partial charge in [0, 0.05) is 23.5 Å². The molecule has 6 aliphatic rings. The van der Waals surface area contributed by atoms with Gasteiger partial charge in [0.1, 0.15) is 17.3 Å². The van der Waals surface area contributed by atoms with E-state index >= 15 is 0 Å². The molecule has 1 heterocycles. The molecule has 7 rings (SSSR count). The predicted molar refractivity (Wildman–Crippen MR) is 131 cm³/mol. The molecule has 37 heavy (non-hydrogen) atoms. The Morgan fingerprint density at radius 1 is 1.19 bits per heavy atom. The van der Waals surface area contributed by atoms with Gasteiger partial charge >= 0.3 is 0 Å². The van der Waals surface area contributed by atoms with Gasteiger partial charge < -0.3 is 15.4 Å². The van der Waals surface area contributed by atoms with Crippen molar-refractivity contribution in [1.82, 2.24) is 16.0 Å². The molecule has 4 saturated carbocycles. The van der Waals surface area contributed by atoms with Crippen LogP contribution in [0.25, 0.3) is 6.08 Å². The summed E-state index contributed by atoms with van der Waals surface area (Å²) < 4.78 is 5.42. The zero-order valence-corrected chi connectivity index (χ0v) is 20.7. The lowest BCUT2D eigenvalue weighted by atomic mass is 9.52. The lowest BCUT2D eigenvalue weighted by Crippen LogP contribution is -2.66. The Labute approximate surface area is 215 Å². The van der Waals surface area contributed by atoms with Crippen LogP contribution in [0.15, 0.2) is 23.8 Å². The molecule has 192 valence electrons. The van der Waals surface area contributed by atoms with E-state index in [0.29, 0.717) is 42.9 Å². The van der Waals surface area contributed by atoms with Crippen LogP contribution in [0.3, 0.4) is 0 Å². The highest BCUT2D eigenvalue weighted by Crippen LogP contribution is 2.55. The van der Waals surface area contributed by atoms with E-state index in [-0.39, 0.29) is 23.6 Å². The maximum Gasteiger partial charge on any atom is 0.248 e. The fourth-order valence-electron chi connectivity index (χ4n) is 7.09. The maximum absolute atomic E-state index is 13.6. The van der Waals surface area contributed by atoms with Gasteiger partial charge in [0.15, 0.2) is 0 Å². The van der Waals surface area contributed by atoms with E-state index in [4.69, 9.17) is 4.74 Å². The van der Waals surface area contributed by atoms with Crippen LogP contribution in [0, 0.1) is 40.9 Å². The molecular weight excluding hydrogens is 472 g/mol. The van der Waals surface area contributed by atoms with Crippen LogP contribution in [0.2, 0.25) is 0 Å². The fourth-order valence-corrected chi connectivity index (χ4v) is 7.09. The quantitative estimate of drug-likeness (QED) is 0.485. The minimum Gasteiger partial charge on any atom is -0.496 e. The van der Waals surface area contributed by atoms with E-state index in [1.807, 2.05) is 24.3 Å². The summed E-state index contributed by atoms with van der Waals surface area (Å²) in [5.74, 6) is -1.82. The van der Waals surface area contributed by atoms with Crippen molar-refractivity contribution in [3.8, 4) is 11.8 Å². The second kappa shape index (κ2) is 8.72. The molecule has 1 aromatic rings. The average Bonchev–Trinajstić information content (AvgIpc) is 3.51. The summed E-state index contributed by atoms with van der Waals surface area (Å²) in [7, 11) is 1.59. The van der Waals surface area contributed by atoms with Crippen LogP contribution in [-0.2, 0) is 25.6 Å². The molecule has 5 fully saturated rings. The summed E-state index contributed by atoms with van der Waals surface area (Å²) in [5, 5.41) is 18.6. The first-order valence-corrected chi connectivity index (χ1v) is 13.1. The number of fused-ring (bicyclic) bond motifs is 3. The Bertz CT molecular complexity index is 1280. The number of imide groups is 1. The Morgan fingerprint density at radius 2 is 1.97 bits per heavy atom. The van der Waals surface area contributed by atoms with E-state index in [9.17, 15) is 24.4 Å². The van der Waals surface area contributed by atoms with Crippen LogP contribution in [0.5, 0.6) is 5.75 Å². The molecule has 1 unspecified atom stereocenters. The summed E-state index contributed by atoms with van der Waals surface area (Å²) in [6.07, 6.45) is 6.47. The fraction of sp³-hybridized carbons (Fsp3) is 0.536. The number of ether oxygens (including phenoxy) is 1. The molecule has 1 saturated heterocycles. The first-order chi connectivity index (χ1) is 17.8. The molecule has 9 heteroatoms. The van der Waals surface area contributed by atoms with Gasteiger partial charge in [-0.25, -0.2) is 0 Å². The molecule has 6 atom stereocenters. The number of benzene rings is 1. The van der Waals surface area contributed by atoms with Crippen molar-refractivity contribution in [2.45, 2.75) is 56.5 Å². The molecule has 9 nitrogen and oxygen atoms in total. The van der Waals surface area contributed by atoms with Crippen molar-refractivity contribution in [1.29, 1.82) is 5.26 Å². The molecule has 1 aromatic carbocycles. The molecule has 1 aliphatic heterocycles. The molecule has 0 aromatic heterocycles. The molecule has 5 aliphatic carbocycles. The van der Waals surface area contributed by atoms with Crippen LogP contribution >= 0.6 is 0 Å². The van der Waals surface area contributed by atoms with Gasteiger partial charge in [-0.1, -0.05) is 25.0 Å². The minimum atomic E-state index is -1.23. The monoisotopic (exact) mass is 502 g/mol. The zero-order valence-electron chi connectivity index (χ0n) is 20.7. The van der Waals surface area contributed by atoms with Crippen molar-refractivity contribution in [2.75, 3.05) is 7.11 Å². The van der Waals surface area contributed by atoms with Gasteiger partial charge in [-0.15, -0.1) is 0 Å². The zero-order chi connectivity index (χ0) is 25.9. The highest BCUT2D eigenvalue weighted by molar-refractivity contribution is 6.06. The van der Waals surface area contributed by atoms with Gasteiger partial charge in [-0.05, 0) is 55.2 Å². The Kier molecular flexibility index (Phi) is 5.59. The molecule has 4 amide bonds. The van der Waals surface area contributed by atoms with Gasteiger partial charge in [-0.2, -0.15) is 5.26 Å². The highest BCUT2D eigenvalue weighted by atomic mass is 16.5. The second-order valence-corrected chi connectivity index (χ2v) is 11.2. The smallest absolute Gasteiger partial charge is 0.248 e. The molecule has 2 bridgehead atoms. The van der Waals surface area contributed by atoms with E-state index < -0.39 is 35.2 Å². The third kappa shape index (κ3) is 3.90. The second-order valence-electron chi connectivity index (χ2n) is 11.2. The minimum absolute atomic E-state index is 0.130. The first-order valence-electron chi connectivity index (χ1n) is 13.1. The third-order valence-corrected chi connectivity index (χ3v) is 9.05. The normalized spacial score (nSPS) is 31.9. The number of carbonyl (C=O) groups excluding carboxylic acids is 4. The van der Waals surface area contributed by atoms with Crippen LogP contribution in [-0.4, -0.2) is 42.3 Å². The molecular formula is C28H30N4O5. The van der Waals surface area contributed by atoms with Crippen molar-refractivity contribution in [3.63, 3.8) is 0 Å². The number of nitrogens with zero attached hydrogens (tertiary/aromatic N) is 1. The number of amides is 4. The summed E-state index contributed by atoms with van der Waals surface area (Å²) in [6.45, 7) is 0. The van der Waals surface area contributed by atoms with Gasteiger partial charge in [0.25, 0.3) is 0 Å². The van der Waals surface area contributed by atoms with Crippen molar-refractivity contribution >= 4 is 29.7 Å². The highest BCUT2D eigenvalue weighted by Gasteiger charge is 2.64. The summed E-state index contributed by atoms with van der Waals surface area (Å²) in [5.41, 5.74) is 1.20. The van der Waals surface area contributed by atoms with Crippen molar-refractivity contribution in [2.24, 2.45) is 29.6 Å². The number of rotatable bonds is 7. The van der Waals surface area contributed by atoms with Gasteiger partial charge in [0.05, 0.1) is 25.0 Å². The molecule has 0 spiro atoms. The van der Waals surface area contributed by atoms with Crippen molar-refractivity contribution in [3.05, 3.63) is 34.9 Å². The standard InChI is InChI=1S/C28H30N4O5/c1-37-21-4-2-3-15-10-17(11-18(15)21)24(33)30-20(9-14-5-6-14)25(34)32-28(13-29)12-16-7-8-19(28)23-22(16)26(35)31-27(23)36/h2-4,11,14,16,19-20,22-23H,5-10,12H2,1H3,(H,30,33)(H,32,34)(H,31,35,36)/t16-,19?,20+,22+,23-,28-/m1/s1. The average molecular weight is 503 g/mol. The van der Waals surface area contributed by atoms with E-state index in [0.717, 1.165) is 30.4 Å². The lowest BCUT2D eigenvalue weighted by Gasteiger charge is -2.52. The third-order valence-electron chi connectivity index (χ3n) is 9.05. The summed E-state index contributed by atoms with van der Waals surface area (Å²) in [4.78, 5) is 51.9. The number of methoxy groups -OCH3 is 1. The Morgan fingerprint density at radius 3 is 2.70 bits per heavy atom. The number of nitrogens with one attached hydrogen (secondary N) is 3. The number of nitriles is 1. The molecule has 3 N–H and O–H groups in total. The van der Waals surface area contributed by atoms with Gasteiger partial charge in [-0.3, -0.25) is 24.5 Å². The maximum atomic E-state index is 13.6. The number of carbonyl (C=O) groups is 4. The lowest BCUT2D eigenvalue weighted by molar-refractivity contribution is -0.138. The van der Waals surface area contributed by atoms with Crippen molar-refractivity contribution < 1.29 is 23.9 Å². The van der Waals surface area contributed by atoms with Crippen LogP contribution in [0.4, 0.5) is 0 Å². The van der Waals surface area contributed by atoms with E-state index in [2.05, 4.69) is 22.0 Å². The predicted octanol–water partition coefficient (Wildman–Crippen LogP) is 1.62. The number of hydrogen-bond acceptors (Lipinski definition) is 6. The SMILES string of the molecule is COc1cccc2c1C=C(C(=O)N[C@@H](CC1CC1)C(=O)N[C@@]1(C#N)C[C@H]3CCC1[C@H]1C(=O)NC(=O)[C@@H]31)C2.